The van der Waals surface area contributed by atoms with Gasteiger partial charge in [0.05, 0.1) is 18.5 Å². The Hall–Kier alpha value is -2.33. The van der Waals surface area contributed by atoms with Crippen LogP contribution < -0.4 is 21.5 Å². The molecule has 1 unspecified atom stereocenters. The summed E-state index contributed by atoms with van der Waals surface area (Å²) in [7, 11) is 5.11. The lowest BCUT2D eigenvalue weighted by Crippen LogP contribution is -2.14. The van der Waals surface area contributed by atoms with E-state index < -0.39 is 0 Å². The first-order chi connectivity index (χ1) is 13.1. The third-order valence-corrected chi connectivity index (χ3v) is 4.31. The van der Waals surface area contributed by atoms with Crippen LogP contribution in [0.25, 0.3) is 5.70 Å². The molecule has 1 aromatic carbocycles. The Morgan fingerprint density at radius 3 is 2.44 bits per heavy atom. The van der Waals surface area contributed by atoms with Crippen molar-refractivity contribution in [3.8, 4) is 17.6 Å². The van der Waals surface area contributed by atoms with E-state index in [2.05, 4.69) is 17.2 Å². The van der Waals surface area contributed by atoms with Crippen LogP contribution in [0, 0.1) is 11.8 Å². The summed E-state index contributed by atoms with van der Waals surface area (Å²) < 4.78 is 10.4. The molecule has 2 rings (SSSR count). The molecule has 1 aliphatic carbocycles. The summed E-state index contributed by atoms with van der Waals surface area (Å²) in [5.74, 6) is 7.97. The van der Waals surface area contributed by atoms with Crippen LogP contribution in [0.1, 0.15) is 5.56 Å². The van der Waals surface area contributed by atoms with Crippen molar-refractivity contribution in [3.63, 3.8) is 0 Å². The van der Waals surface area contributed by atoms with E-state index in [4.69, 9.17) is 20.9 Å². The quantitative estimate of drug-likeness (QED) is 0.623. The van der Waals surface area contributed by atoms with E-state index in [1.165, 1.54) is 0 Å². The lowest BCUT2D eigenvalue weighted by atomic mass is 10.1. The van der Waals surface area contributed by atoms with Crippen molar-refractivity contribution >= 4 is 17.5 Å². The summed E-state index contributed by atoms with van der Waals surface area (Å²) >= 11 is 1.78. The Bertz CT molecular complexity index is 726. The first-order valence-corrected chi connectivity index (χ1v) is 9.94. The normalized spacial score (nSPS) is 15.9. The van der Waals surface area contributed by atoms with Gasteiger partial charge in [0.2, 0.25) is 0 Å². The van der Waals surface area contributed by atoms with Crippen molar-refractivity contribution in [1.29, 1.82) is 0 Å². The molecule has 0 spiro atoms. The van der Waals surface area contributed by atoms with Crippen molar-refractivity contribution in [2.24, 2.45) is 11.5 Å². The molecule has 0 radical (unpaired) electrons. The Kier molecular flexibility index (Phi) is 10.9. The maximum absolute atomic E-state index is 6.30. The number of nitrogens with one attached hydrogen (secondary N) is 1. The van der Waals surface area contributed by atoms with Crippen LogP contribution in [0.2, 0.25) is 0 Å². The summed E-state index contributed by atoms with van der Waals surface area (Å²) in [4.78, 5) is 0. The minimum atomic E-state index is -0.208. The largest absolute Gasteiger partial charge is 0.497 e. The zero-order chi connectivity index (χ0) is 20.1. The monoisotopic (exact) mass is 387 g/mol. The zero-order valence-corrected chi connectivity index (χ0v) is 17.2. The van der Waals surface area contributed by atoms with Gasteiger partial charge < -0.3 is 26.3 Å². The van der Waals surface area contributed by atoms with Crippen LogP contribution in [0.15, 0.2) is 53.8 Å². The summed E-state index contributed by atoms with van der Waals surface area (Å²) in [6.45, 7) is 0.807. The van der Waals surface area contributed by atoms with E-state index in [9.17, 15) is 0 Å². The number of hydrogen-bond donors (Lipinski definition) is 3. The Morgan fingerprint density at radius 1 is 1.26 bits per heavy atom. The summed E-state index contributed by atoms with van der Waals surface area (Å²) in [6.07, 6.45) is 7.51. The predicted octanol–water partition coefficient (Wildman–Crippen LogP) is 2.36. The van der Waals surface area contributed by atoms with Crippen molar-refractivity contribution in [3.05, 3.63) is 59.3 Å². The van der Waals surface area contributed by atoms with Crippen LogP contribution in [0.3, 0.4) is 0 Å². The minimum Gasteiger partial charge on any atom is -0.497 e. The SMILES string of the molecule is CN/C(=C(\N)C1=CC=CC(OC)C#C1)c1ccc(OC)cc1.CSCCN. The van der Waals surface area contributed by atoms with Gasteiger partial charge in [-0.3, -0.25) is 0 Å². The predicted molar refractivity (Wildman–Crippen MR) is 116 cm³/mol. The zero-order valence-electron chi connectivity index (χ0n) is 16.4. The third kappa shape index (κ3) is 7.43. The van der Waals surface area contributed by atoms with Crippen molar-refractivity contribution < 1.29 is 9.47 Å². The first kappa shape index (κ1) is 22.7. The second-order valence-electron chi connectivity index (χ2n) is 5.44. The molecule has 0 bridgehead atoms. The highest BCUT2D eigenvalue weighted by atomic mass is 32.2. The van der Waals surface area contributed by atoms with Crippen molar-refractivity contribution in [2.45, 2.75) is 6.10 Å². The van der Waals surface area contributed by atoms with Gasteiger partial charge in [-0.2, -0.15) is 11.8 Å². The molecule has 5 nitrogen and oxygen atoms in total. The maximum Gasteiger partial charge on any atom is 0.136 e. The number of allylic oxidation sites excluding steroid dienone is 3. The fourth-order valence-electron chi connectivity index (χ4n) is 2.23. The molecule has 0 saturated heterocycles. The van der Waals surface area contributed by atoms with Crippen LogP contribution in [-0.2, 0) is 4.74 Å². The van der Waals surface area contributed by atoms with E-state index in [-0.39, 0.29) is 6.10 Å². The molecule has 6 heteroatoms. The molecule has 27 heavy (non-hydrogen) atoms. The summed E-state index contributed by atoms with van der Waals surface area (Å²) in [5, 5.41) is 3.15. The van der Waals surface area contributed by atoms with Crippen LogP contribution in [0.4, 0.5) is 0 Å². The molecule has 0 aliphatic heterocycles. The number of rotatable bonds is 7. The van der Waals surface area contributed by atoms with Gasteiger partial charge in [-0.25, -0.2) is 0 Å². The van der Waals surface area contributed by atoms with Crippen LogP contribution in [-0.4, -0.2) is 45.9 Å². The molecule has 0 amide bonds. The van der Waals surface area contributed by atoms with Gasteiger partial charge in [0.15, 0.2) is 0 Å². The molecular formula is C21H29N3O2S. The fourth-order valence-corrected chi connectivity index (χ4v) is 2.47. The molecule has 1 aromatic rings. The van der Waals surface area contributed by atoms with E-state index in [0.29, 0.717) is 5.70 Å². The molecule has 1 aliphatic rings. The highest BCUT2D eigenvalue weighted by Gasteiger charge is 2.10. The maximum atomic E-state index is 6.30. The van der Waals surface area contributed by atoms with Gasteiger partial charge in [0.25, 0.3) is 0 Å². The van der Waals surface area contributed by atoms with Gasteiger partial charge in [-0.15, -0.1) is 0 Å². The van der Waals surface area contributed by atoms with Crippen molar-refractivity contribution in [1.82, 2.24) is 5.32 Å². The molecule has 5 N–H and O–H groups in total. The lowest BCUT2D eigenvalue weighted by molar-refractivity contribution is 0.185. The summed E-state index contributed by atoms with van der Waals surface area (Å²) in [5.41, 5.74) is 14.6. The number of nitrogens with two attached hydrogens (primary N) is 2. The molecule has 0 heterocycles. The molecule has 146 valence electrons. The Labute approximate surface area is 166 Å². The Morgan fingerprint density at radius 2 is 1.96 bits per heavy atom. The highest BCUT2D eigenvalue weighted by molar-refractivity contribution is 7.98. The first-order valence-electron chi connectivity index (χ1n) is 8.55. The van der Waals surface area contributed by atoms with E-state index in [0.717, 1.165) is 34.9 Å². The number of ether oxygens (including phenoxy) is 2. The lowest BCUT2D eigenvalue weighted by Gasteiger charge is -2.12. The minimum absolute atomic E-state index is 0.208. The van der Waals surface area contributed by atoms with Gasteiger partial charge >= 0.3 is 0 Å². The average molecular weight is 388 g/mol. The van der Waals surface area contributed by atoms with E-state index in [1.54, 1.807) is 26.0 Å². The average Bonchev–Trinajstić information content (AvgIpc) is 2.96. The molecule has 0 aromatic heterocycles. The van der Waals surface area contributed by atoms with Gasteiger partial charge in [0.1, 0.15) is 11.9 Å². The van der Waals surface area contributed by atoms with Crippen LogP contribution >= 0.6 is 11.8 Å². The smallest absolute Gasteiger partial charge is 0.136 e. The topological polar surface area (TPSA) is 82.5 Å². The molecule has 0 saturated carbocycles. The van der Waals surface area contributed by atoms with Gasteiger partial charge in [0, 0.05) is 32.0 Å². The Balaban J connectivity index is 0.000000646. The van der Waals surface area contributed by atoms with E-state index in [1.807, 2.05) is 55.8 Å². The molecule has 1 atom stereocenters. The van der Waals surface area contributed by atoms with Crippen LogP contribution in [0.5, 0.6) is 5.75 Å². The number of benzene rings is 1. The van der Waals surface area contributed by atoms with Gasteiger partial charge in [-0.1, -0.05) is 17.9 Å². The van der Waals surface area contributed by atoms with Crippen molar-refractivity contribution in [2.75, 3.05) is 39.8 Å². The van der Waals surface area contributed by atoms with E-state index >= 15 is 0 Å². The number of thioether (sulfide) groups is 1. The third-order valence-electron chi connectivity index (χ3n) is 3.66. The number of hydrogen-bond acceptors (Lipinski definition) is 6. The summed E-state index contributed by atoms with van der Waals surface area (Å²) in [6, 6.07) is 7.70. The molecular weight excluding hydrogens is 358 g/mol. The second kappa shape index (κ2) is 12.9. The fraction of sp³-hybridized carbons (Fsp3) is 0.333. The highest BCUT2D eigenvalue weighted by Crippen LogP contribution is 2.21. The number of methoxy groups -OCH3 is 2. The standard InChI is InChI=1S/C18H20N2O2.C3H9NS/c1-20-18(14-8-11-16(22-3)12-9-14)17(19)13-5-4-6-15(21-2)10-7-13;1-5-3-2-4/h4-6,8-9,11-12,15,20H,19H2,1-3H3;2-4H2,1H3/b18-17-;. The second-order valence-corrected chi connectivity index (χ2v) is 6.43. The van der Waals surface area contributed by atoms with Gasteiger partial charge in [-0.05, 0) is 48.2 Å². The molecule has 0 fully saturated rings.